The summed E-state index contributed by atoms with van der Waals surface area (Å²) < 4.78 is 9.55. The van der Waals surface area contributed by atoms with E-state index in [9.17, 15) is 9.59 Å². The summed E-state index contributed by atoms with van der Waals surface area (Å²) in [6, 6.07) is 7.04. The fraction of sp³-hybridized carbons (Fsp3) is 0.154. The molecular weight excluding hydrogens is 220 g/mol. The number of benzene rings is 1. The summed E-state index contributed by atoms with van der Waals surface area (Å²) in [5.41, 5.74) is 0.908. The number of carbonyl (C=O) groups is 1. The van der Waals surface area contributed by atoms with Gasteiger partial charge in [0.25, 0.3) is 0 Å². The number of esters is 1. The van der Waals surface area contributed by atoms with Gasteiger partial charge in [0, 0.05) is 6.08 Å². The monoisotopic (exact) mass is 232 g/mol. The largest absolute Gasteiger partial charge is 0.497 e. The van der Waals surface area contributed by atoms with Crippen LogP contribution in [0.15, 0.2) is 35.9 Å². The van der Waals surface area contributed by atoms with Crippen molar-refractivity contribution in [3.63, 3.8) is 0 Å². The van der Waals surface area contributed by atoms with Crippen LogP contribution in [-0.2, 0) is 14.3 Å². The van der Waals surface area contributed by atoms with E-state index in [1.54, 1.807) is 37.3 Å². The first-order chi connectivity index (χ1) is 8.21. The predicted molar refractivity (Wildman–Crippen MR) is 63.3 cm³/mol. The van der Waals surface area contributed by atoms with Crippen LogP contribution in [0.3, 0.4) is 0 Å². The highest BCUT2D eigenvalue weighted by molar-refractivity contribution is 5.98. The third-order valence-corrected chi connectivity index (χ3v) is 2.07. The first kappa shape index (κ1) is 12.7. The van der Waals surface area contributed by atoms with E-state index in [1.165, 1.54) is 13.2 Å². The smallest absolute Gasteiger partial charge is 0.338 e. The molecule has 0 N–H and O–H groups in total. The molecule has 0 aliphatic carbocycles. The van der Waals surface area contributed by atoms with E-state index < -0.39 is 5.97 Å². The minimum Gasteiger partial charge on any atom is -0.497 e. The quantitative estimate of drug-likeness (QED) is 0.343. The maximum Gasteiger partial charge on any atom is 0.338 e. The Morgan fingerprint density at radius 3 is 2.35 bits per heavy atom. The average molecular weight is 232 g/mol. The van der Waals surface area contributed by atoms with E-state index >= 15 is 0 Å². The molecule has 0 unspecified atom stereocenters. The van der Waals surface area contributed by atoms with Crippen molar-refractivity contribution in [2.45, 2.75) is 0 Å². The van der Waals surface area contributed by atoms with Crippen LogP contribution in [-0.4, -0.2) is 26.1 Å². The Bertz CT molecular complexity index is 465. The Morgan fingerprint density at radius 2 is 1.88 bits per heavy atom. The normalized spacial score (nSPS) is 10.4. The number of carbonyl (C=O) groups excluding carboxylic acids is 2. The fourth-order valence-electron chi connectivity index (χ4n) is 1.22. The Morgan fingerprint density at radius 1 is 1.24 bits per heavy atom. The highest BCUT2D eigenvalue weighted by atomic mass is 16.5. The SMILES string of the molecule is COC(=O)C(C=C=O)=Cc1ccc(OC)cc1. The summed E-state index contributed by atoms with van der Waals surface area (Å²) in [5, 5.41) is 0. The second kappa shape index (κ2) is 6.30. The lowest BCUT2D eigenvalue weighted by Gasteiger charge is -2.01. The van der Waals surface area contributed by atoms with Crippen LogP contribution in [0.25, 0.3) is 6.08 Å². The zero-order valence-electron chi connectivity index (χ0n) is 9.60. The van der Waals surface area contributed by atoms with E-state index in [4.69, 9.17) is 4.74 Å². The Hall–Kier alpha value is -2.32. The Balaban J connectivity index is 3.03. The maximum absolute atomic E-state index is 11.3. The number of hydrogen-bond acceptors (Lipinski definition) is 4. The van der Waals surface area contributed by atoms with Crippen LogP contribution in [0.5, 0.6) is 5.75 Å². The summed E-state index contributed by atoms with van der Waals surface area (Å²) in [4.78, 5) is 21.6. The van der Waals surface area contributed by atoms with Gasteiger partial charge in [0.05, 0.1) is 19.8 Å². The molecule has 88 valence electrons. The molecule has 0 aromatic heterocycles. The van der Waals surface area contributed by atoms with Crippen molar-refractivity contribution in [2.75, 3.05) is 14.2 Å². The molecule has 17 heavy (non-hydrogen) atoms. The predicted octanol–water partition coefficient (Wildman–Crippen LogP) is 1.64. The standard InChI is InChI=1S/C13H12O4/c1-16-12-5-3-10(4-6-12)9-11(7-8-14)13(15)17-2/h3-7,9H,1-2H3. The second-order valence-corrected chi connectivity index (χ2v) is 3.13. The highest BCUT2D eigenvalue weighted by Crippen LogP contribution is 2.14. The zero-order valence-corrected chi connectivity index (χ0v) is 9.60. The average Bonchev–Trinajstić information content (AvgIpc) is 2.38. The number of ether oxygens (including phenoxy) is 2. The molecular formula is C13H12O4. The van der Waals surface area contributed by atoms with Crippen molar-refractivity contribution in [3.05, 3.63) is 41.5 Å². The molecule has 0 heterocycles. The van der Waals surface area contributed by atoms with E-state index in [0.717, 1.165) is 11.6 Å². The van der Waals surface area contributed by atoms with Gasteiger partial charge in [-0.25, -0.2) is 9.59 Å². The molecule has 0 atom stereocenters. The van der Waals surface area contributed by atoms with E-state index in [-0.39, 0.29) is 5.57 Å². The molecule has 0 saturated carbocycles. The van der Waals surface area contributed by atoms with Gasteiger partial charge in [0.1, 0.15) is 11.7 Å². The van der Waals surface area contributed by atoms with Gasteiger partial charge in [-0.15, -0.1) is 0 Å². The van der Waals surface area contributed by atoms with Gasteiger partial charge in [-0.2, -0.15) is 0 Å². The third kappa shape index (κ3) is 3.63. The molecule has 0 fully saturated rings. The van der Waals surface area contributed by atoms with E-state index in [2.05, 4.69) is 4.74 Å². The summed E-state index contributed by atoms with van der Waals surface area (Å²) in [5.74, 6) is 1.69. The molecule has 0 aliphatic heterocycles. The van der Waals surface area contributed by atoms with Crippen molar-refractivity contribution >= 4 is 18.0 Å². The van der Waals surface area contributed by atoms with Gasteiger partial charge in [0.2, 0.25) is 0 Å². The van der Waals surface area contributed by atoms with Gasteiger partial charge < -0.3 is 9.47 Å². The van der Waals surface area contributed by atoms with Crippen molar-refractivity contribution in [1.29, 1.82) is 0 Å². The minimum atomic E-state index is -0.579. The van der Waals surface area contributed by atoms with E-state index in [1.807, 2.05) is 0 Å². The third-order valence-electron chi connectivity index (χ3n) is 2.07. The van der Waals surface area contributed by atoms with Gasteiger partial charge >= 0.3 is 5.97 Å². The maximum atomic E-state index is 11.3. The lowest BCUT2D eigenvalue weighted by Crippen LogP contribution is -2.02. The second-order valence-electron chi connectivity index (χ2n) is 3.13. The van der Waals surface area contributed by atoms with E-state index in [0.29, 0.717) is 5.75 Å². The molecule has 1 aromatic rings. The van der Waals surface area contributed by atoms with Crippen molar-refractivity contribution in [2.24, 2.45) is 0 Å². The van der Waals surface area contributed by atoms with Crippen LogP contribution in [0.4, 0.5) is 0 Å². The lowest BCUT2D eigenvalue weighted by molar-refractivity contribution is -0.135. The Kier molecular flexibility index (Phi) is 4.73. The Labute approximate surface area is 99.2 Å². The number of rotatable bonds is 4. The van der Waals surface area contributed by atoms with Crippen LogP contribution in [0.2, 0.25) is 0 Å². The van der Waals surface area contributed by atoms with Gasteiger partial charge in [0.15, 0.2) is 0 Å². The minimum absolute atomic E-state index is 0.146. The summed E-state index contributed by atoms with van der Waals surface area (Å²) in [6.45, 7) is 0. The number of methoxy groups -OCH3 is 2. The topological polar surface area (TPSA) is 52.6 Å². The molecule has 4 heteroatoms. The molecule has 1 rings (SSSR count). The molecule has 1 aromatic carbocycles. The molecule has 4 nitrogen and oxygen atoms in total. The molecule has 0 aliphatic rings. The van der Waals surface area contributed by atoms with Crippen LogP contribution in [0, 0.1) is 0 Å². The van der Waals surface area contributed by atoms with Crippen molar-refractivity contribution in [1.82, 2.24) is 0 Å². The van der Waals surface area contributed by atoms with Crippen LogP contribution < -0.4 is 4.74 Å². The highest BCUT2D eigenvalue weighted by Gasteiger charge is 2.06. The fourth-order valence-corrected chi connectivity index (χ4v) is 1.22. The van der Waals surface area contributed by atoms with Gasteiger partial charge in [-0.05, 0) is 23.8 Å². The number of hydrogen-bond donors (Lipinski definition) is 0. The van der Waals surface area contributed by atoms with Gasteiger partial charge in [-0.3, -0.25) is 0 Å². The van der Waals surface area contributed by atoms with Crippen LogP contribution >= 0.6 is 0 Å². The first-order valence-electron chi connectivity index (χ1n) is 4.86. The lowest BCUT2D eigenvalue weighted by atomic mass is 10.1. The molecule has 0 amide bonds. The van der Waals surface area contributed by atoms with Crippen molar-refractivity contribution in [3.8, 4) is 5.75 Å². The summed E-state index contributed by atoms with van der Waals surface area (Å²) in [6.07, 6.45) is 2.58. The first-order valence-corrected chi connectivity index (χ1v) is 4.86. The molecule has 0 saturated heterocycles. The summed E-state index contributed by atoms with van der Waals surface area (Å²) in [7, 11) is 2.82. The van der Waals surface area contributed by atoms with Crippen LogP contribution in [0.1, 0.15) is 5.56 Å². The molecule has 0 radical (unpaired) electrons. The summed E-state index contributed by atoms with van der Waals surface area (Å²) >= 11 is 0. The molecule has 0 bridgehead atoms. The molecule has 0 spiro atoms. The van der Waals surface area contributed by atoms with Crippen molar-refractivity contribution < 1.29 is 19.1 Å². The van der Waals surface area contributed by atoms with Gasteiger partial charge in [-0.1, -0.05) is 12.1 Å². The zero-order chi connectivity index (χ0) is 12.7.